The van der Waals surface area contributed by atoms with E-state index in [9.17, 15) is 0 Å². The quantitative estimate of drug-likeness (QED) is 0.314. The first-order valence-electron chi connectivity index (χ1n) is 7.89. The van der Waals surface area contributed by atoms with E-state index in [1.54, 1.807) is 0 Å². The molecular weight excluding hydrogens is 446 g/mol. The van der Waals surface area contributed by atoms with Gasteiger partial charge in [0.15, 0.2) is 0 Å². The molecule has 0 aliphatic rings. The van der Waals surface area contributed by atoms with Crippen molar-refractivity contribution in [2.45, 2.75) is 6.92 Å². The van der Waals surface area contributed by atoms with E-state index in [-0.39, 0.29) is 0 Å². The highest BCUT2D eigenvalue weighted by Crippen LogP contribution is 2.54. The van der Waals surface area contributed by atoms with Crippen LogP contribution in [0, 0.1) is 0 Å². The Bertz CT molecular complexity index is 637. The number of rotatable bonds is 4. The number of benzene rings is 3. The van der Waals surface area contributed by atoms with Gasteiger partial charge in [-0.15, -0.1) is 0 Å². The third-order valence-electron chi connectivity index (χ3n) is 4.07. The highest BCUT2D eigenvalue weighted by Gasteiger charge is 2.43. The van der Waals surface area contributed by atoms with Crippen LogP contribution in [-0.2, 0) is 0 Å². The number of halogens is 1. The van der Waals surface area contributed by atoms with Gasteiger partial charge in [0.1, 0.15) is 23.2 Å². The Balaban J connectivity index is 0.000000511. The summed E-state index contributed by atoms with van der Waals surface area (Å²) < 4.78 is 25.7. The van der Waals surface area contributed by atoms with Crippen molar-refractivity contribution >= 4 is 23.2 Å². The standard InChI is InChI=1S/C20H20P.IO3/c1-2-21(18-12-6-3-7-13-18,19-14-8-4-9-15-19)20-16-10-5-11-17-20;2-1(3)4/h3-17H,2H2,1H3;/q+1;-1. The Morgan fingerprint density at radius 2 is 0.840 bits per heavy atom. The highest BCUT2D eigenvalue weighted by molar-refractivity contribution is 7.95. The van der Waals surface area contributed by atoms with Crippen LogP contribution < -0.4 is 47.3 Å². The summed E-state index contributed by atoms with van der Waals surface area (Å²) >= 11 is -4.01. The fourth-order valence-corrected chi connectivity index (χ4v) is 7.08. The van der Waals surface area contributed by atoms with Gasteiger partial charge in [0.2, 0.25) is 0 Å². The minimum Gasteiger partial charge on any atom is -0.427 e. The summed E-state index contributed by atoms with van der Waals surface area (Å²) in [5.74, 6) is 0. The predicted octanol–water partition coefficient (Wildman–Crippen LogP) is -2.56. The first kappa shape index (κ1) is 20.0. The first-order valence-corrected chi connectivity index (χ1v) is 12.5. The van der Waals surface area contributed by atoms with Crippen LogP contribution in [0.1, 0.15) is 6.92 Å². The molecule has 0 fully saturated rings. The molecule has 0 saturated heterocycles. The van der Waals surface area contributed by atoms with Crippen molar-refractivity contribution in [3.8, 4) is 0 Å². The normalized spacial score (nSPS) is 10.9. The molecule has 0 unspecified atom stereocenters. The van der Waals surface area contributed by atoms with Crippen molar-refractivity contribution in [2.75, 3.05) is 6.16 Å². The molecule has 25 heavy (non-hydrogen) atoms. The van der Waals surface area contributed by atoms with Crippen LogP contribution in [0.4, 0.5) is 0 Å². The molecule has 0 N–H and O–H groups in total. The van der Waals surface area contributed by atoms with E-state index in [2.05, 4.69) is 97.9 Å². The van der Waals surface area contributed by atoms with Gasteiger partial charge in [-0.05, 0) is 43.3 Å². The topological polar surface area (TPSA) is 69.2 Å². The summed E-state index contributed by atoms with van der Waals surface area (Å²) in [6.45, 7) is 2.32. The van der Waals surface area contributed by atoms with Gasteiger partial charge in [0.05, 0.1) is 6.16 Å². The van der Waals surface area contributed by atoms with Crippen molar-refractivity contribution in [1.82, 2.24) is 0 Å². The van der Waals surface area contributed by atoms with Crippen LogP contribution in [0.5, 0.6) is 0 Å². The van der Waals surface area contributed by atoms with Gasteiger partial charge in [-0.25, -0.2) is 0 Å². The summed E-state index contributed by atoms with van der Waals surface area (Å²) in [5, 5.41) is 4.39. The molecule has 0 atom stereocenters. The molecule has 0 aliphatic carbocycles. The van der Waals surface area contributed by atoms with Crippen molar-refractivity contribution < 1.29 is 31.4 Å². The molecule has 3 nitrogen and oxygen atoms in total. The Labute approximate surface area is 158 Å². The lowest BCUT2D eigenvalue weighted by Gasteiger charge is -2.26. The molecule has 0 aliphatic heterocycles. The van der Waals surface area contributed by atoms with Gasteiger partial charge in [-0.1, -0.05) is 54.6 Å². The molecule has 130 valence electrons. The fourth-order valence-electron chi connectivity index (χ4n) is 3.04. The van der Waals surface area contributed by atoms with Gasteiger partial charge in [-0.3, -0.25) is 0 Å². The smallest absolute Gasteiger partial charge is 0.282 e. The zero-order chi connectivity index (χ0) is 18.1. The second-order valence-corrected chi connectivity index (χ2v) is 10.2. The van der Waals surface area contributed by atoms with E-state index < -0.39 is 28.3 Å². The average Bonchev–Trinajstić information content (AvgIpc) is 2.65. The maximum Gasteiger partial charge on any atom is 0.282 e. The predicted molar refractivity (Wildman–Crippen MR) is 95.7 cm³/mol. The van der Waals surface area contributed by atoms with Crippen LogP contribution >= 0.6 is 7.26 Å². The molecule has 0 heterocycles. The molecule has 5 heteroatoms. The largest absolute Gasteiger partial charge is 0.427 e. The van der Waals surface area contributed by atoms with Crippen molar-refractivity contribution in [1.29, 1.82) is 0 Å². The monoisotopic (exact) mass is 466 g/mol. The van der Waals surface area contributed by atoms with E-state index in [0.29, 0.717) is 0 Å². The summed E-state index contributed by atoms with van der Waals surface area (Å²) in [6, 6.07) is 33.0. The molecule has 0 spiro atoms. The van der Waals surface area contributed by atoms with Crippen LogP contribution in [0.25, 0.3) is 0 Å². The zero-order valence-corrected chi connectivity index (χ0v) is 17.0. The third-order valence-corrected chi connectivity index (χ3v) is 8.55. The highest BCUT2D eigenvalue weighted by atomic mass is 127. The average molecular weight is 466 g/mol. The molecule has 0 amide bonds. The minimum atomic E-state index is -4.01. The third kappa shape index (κ3) is 5.09. The molecule has 0 bridgehead atoms. The Kier molecular flexibility index (Phi) is 8.00. The van der Waals surface area contributed by atoms with E-state index in [4.69, 9.17) is 10.3 Å². The van der Waals surface area contributed by atoms with Crippen molar-refractivity contribution in [3.05, 3.63) is 91.0 Å². The summed E-state index contributed by atoms with van der Waals surface area (Å²) in [7, 11) is -1.53. The van der Waals surface area contributed by atoms with E-state index in [1.165, 1.54) is 15.9 Å². The Hall–Kier alpha value is -1.30. The Morgan fingerprint density at radius 3 is 1.04 bits per heavy atom. The number of hydrogen-bond donors (Lipinski definition) is 0. The second-order valence-electron chi connectivity index (χ2n) is 5.32. The summed E-state index contributed by atoms with van der Waals surface area (Å²) in [4.78, 5) is 0. The lowest BCUT2D eigenvalue weighted by Crippen LogP contribution is -4.05. The van der Waals surface area contributed by atoms with Gasteiger partial charge in [0.25, 0.3) is 21.1 Å². The molecule has 0 saturated carbocycles. The van der Waals surface area contributed by atoms with E-state index in [1.807, 2.05) is 0 Å². The van der Waals surface area contributed by atoms with Gasteiger partial charge in [-0.2, -0.15) is 0 Å². The summed E-state index contributed by atoms with van der Waals surface area (Å²) in [6.07, 6.45) is 1.14. The van der Waals surface area contributed by atoms with Crippen LogP contribution in [-0.4, -0.2) is 6.16 Å². The minimum absolute atomic E-state index is 1.14. The van der Waals surface area contributed by atoms with E-state index in [0.717, 1.165) is 6.16 Å². The van der Waals surface area contributed by atoms with Crippen molar-refractivity contribution in [2.24, 2.45) is 0 Å². The molecule has 3 aromatic rings. The van der Waals surface area contributed by atoms with E-state index >= 15 is 0 Å². The van der Waals surface area contributed by atoms with Gasteiger partial charge < -0.3 is 10.3 Å². The van der Waals surface area contributed by atoms with Crippen LogP contribution in [0.15, 0.2) is 91.0 Å². The molecule has 0 radical (unpaired) electrons. The molecular formula is C20H20IO3P. The maximum absolute atomic E-state index is 8.57. The second kappa shape index (κ2) is 10.00. The SMILES string of the molecule is CC[P+](c1ccccc1)(c1ccccc1)c1ccccc1.[O-][I+2]([O-])[O-]. The fraction of sp³-hybridized carbons (Fsp3) is 0.100. The molecule has 3 rings (SSSR count). The van der Waals surface area contributed by atoms with Gasteiger partial charge in [0, 0.05) is 0 Å². The zero-order valence-electron chi connectivity index (χ0n) is 13.9. The first-order chi connectivity index (χ1) is 12.1. The van der Waals surface area contributed by atoms with Crippen molar-refractivity contribution in [3.63, 3.8) is 0 Å². The van der Waals surface area contributed by atoms with Gasteiger partial charge >= 0.3 is 0 Å². The Morgan fingerprint density at radius 1 is 0.600 bits per heavy atom. The van der Waals surface area contributed by atoms with Crippen LogP contribution in [0.2, 0.25) is 0 Å². The lowest BCUT2D eigenvalue weighted by molar-refractivity contribution is -1.73. The molecule has 0 aromatic heterocycles. The summed E-state index contributed by atoms with van der Waals surface area (Å²) in [5.41, 5.74) is 0. The number of hydrogen-bond acceptors (Lipinski definition) is 3. The van der Waals surface area contributed by atoms with Crippen LogP contribution in [0.3, 0.4) is 0 Å². The molecule has 3 aromatic carbocycles. The maximum atomic E-state index is 8.57. The lowest BCUT2D eigenvalue weighted by atomic mass is 10.4.